The number of aliphatic carboxylic acids is 1. The normalized spacial score (nSPS) is 13.1. The summed E-state index contributed by atoms with van der Waals surface area (Å²) in [5.41, 5.74) is 0. The van der Waals surface area contributed by atoms with Gasteiger partial charge >= 0.3 is 17.9 Å². The summed E-state index contributed by atoms with van der Waals surface area (Å²) < 4.78 is 17.4. The third-order valence-corrected chi connectivity index (χ3v) is 12.1. The standard InChI is InChI=1S/C55H101NO7/c1-6-8-10-12-14-16-18-20-22-24-26-28-29-31-33-35-37-39-41-43-45-53(57)62-50-51(49-61-48-47-52(55(59)60)56(3,4)5)63-54(58)46-44-42-40-38-36-34-32-30-27-25-23-21-19-17-15-13-11-9-7-2/h9,11,15,17,21,23,51-52H,6-8,10,12-14,16,18-20,22,24-50H2,1-5H3/p+1/b11-9+,17-15+,23-21+. The van der Waals surface area contributed by atoms with Crippen LogP contribution in [0.15, 0.2) is 36.5 Å². The molecule has 0 aromatic rings. The van der Waals surface area contributed by atoms with Gasteiger partial charge in [-0.25, -0.2) is 4.79 Å². The summed E-state index contributed by atoms with van der Waals surface area (Å²) in [6.07, 6.45) is 54.8. The van der Waals surface area contributed by atoms with E-state index in [1.807, 2.05) is 21.1 Å². The van der Waals surface area contributed by atoms with Crippen molar-refractivity contribution in [2.45, 2.75) is 257 Å². The number of carbonyl (C=O) groups is 3. The van der Waals surface area contributed by atoms with E-state index in [0.717, 1.165) is 64.2 Å². The first kappa shape index (κ1) is 60.5. The first-order valence-corrected chi connectivity index (χ1v) is 26.5. The van der Waals surface area contributed by atoms with E-state index in [4.69, 9.17) is 14.2 Å². The molecular formula is C55H102NO7+. The van der Waals surface area contributed by atoms with Gasteiger partial charge in [0.1, 0.15) is 6.61 Å². The van der Waals surface area contributed by atoms with Crippen LogP contribution in [-0.2, 0) is 28.6 Å². The Labute approximate surface area is 389 Å². The quantitative estimate of drug-likeness (QED) is 0.0281. The van der Waals surface area contributed by atoms with Crippen LogP contribution in [0.3, 0.4) is 0 Å². The highest BCUT2D eigenvalue weighted by atomic mass is 16.6. The zero-order valence-electron chi connectivity index (χ0n) is 42.0. The minimum absolute atomic E-state index is 0.0493. The number of likely N-dealkylation sites (N-methyl/N-ethyl adjacent to an activating group) is 1. The molecule has 0 fully saturated rings. The number of rotatable bonds is 48. The molecule has 63 heavy (non-hydrogen) atoms. The number of allylic oxidation sites excluding steroid dienone is 6. The highest BCUT2D eigenvalue weighted by molar-refractivity contribution is 5.72. The van der Waals surface area contributed by atoms with Gasteiger partial charge in [0.2, 0.25) is 0 Å². The highest BCUT2D eigenvalue weighted by Crippen LogP contribution is 2.17. The number of hydrogen-bond acceptors (Lipinski definition) is 6. The minimum atomic E-state index is -0.873. The average Bonchev–Trinajstić information content (AvgIpc) is 3.24. The topological polar surface area (TPSA) is 99.1 Å². The number of ether oxygens (including phenoxy) is 3. The molecule has 0 aliphatic heterocycles. The molecule has 2 atom stereocenters. The van der Waals surface area contributed by atoms with Crippen molar-refractivity contribution in [3.8, 4) is 0 Å². The Morgan fingerprint density at radius 2 is 0.889 bits per heavy atom. The molecule has 0 aliphatic rings. The predicted octanol–water partition coefficient (Wildman–Crippen LogP) is 15.4. The van der Waals surface area contributed by atoms with Gasteiger partial charge in [-0.15, -0.1) is 0 Å². The molecule has 368 valence electrons. The van der Waals surface area contributed by atoms with Crippen molar-refractivity contribution >= 4 is 17.9 Å². The molecule has 0 bridgehead atoms. The molecule has 0 saturated carbocycles. The second-order valence-electron chi connectivity index (χ2n) is 19.1. The van der Waals surface area contributed by atoms with Crippen LogP contribution in [0.25, 0.3) is 0 Å². The largest absolute Gasteiger partial charge is 0.477 e. The molecule has 2 unspecified atom stereocenters. The van der Waals surface area contributed by atoms with E-state index in [2.05, 4.69) is 50.3 Å². The molecule has 0 radical (unpaired) electrons. The first-order chi connectivity index (χ1) is 30.6. The van der Waals surface area contributed by atoms with E-state index in [1.54, 1.807) is 0 Å². The van der Waals surface area contributed by atoms with Crippen LogP contribution in [0.1, 0.15) is 245 Å². The number of carboxylic acid groups (broad SMARTS) is 1. The van der Waals surface area contributed by atoms with Crippen LogP contribution in [0, 0.1) is 0 Å². The Morgan fingerprint density at radius 3 is 1.32 bits per heavy atom. The van der Waals surface area contributed by atoms with E-state index >= 15 is 0 Å². The van der Waals surface area contributed by atoms with Crippen LogP contribution in [0.4, 0.5) is 0 Å². The lowest BCUT2D eigenvalue weighted by Gasteiger charge is -2.31. The maximum absolute atomic E-state index is 12.8. The van der Waals surface area contributed by atoms with E-state index in [9.17, 15) is 19.5 Å². The van der Waals surface area contributed by atoms with Crippen molar-refractivity contribution < 1.29 is 38.2 Å². The fourth-order valence-corrected chi connectivity index (χ4v) is 7.99. The van der Waals surface area contributed by atoms with Crippen molar-refractivity contribution in [3.63, 3.8) is 0 Å². The van der Waals surface area contributed by atoms with Gasteiger partial charge in [0.25, 0.3) is 0 Å². The molecule has 0 aliphatic carbocycles. The molecule has 8 heteroatoms. The number of carboxylic acids is 1. The molecule has 0 heterocycles. The molecule has 0 saturated heterocycles. The zero-order chi connectivity index (χ0) is 46.3. The molecule has 0 aromatic heterocycles. The Hall–Kier alpha value is -2.45. The van der Waals surface area contributed by atoms with Crippen LogP contribution in [0.5, 0.6) is 0 Å². The zero-order valence-corrected chi connectivity index (χ0v) is 42.0. The van der Waals surface area contributed by atoms with Gasteiger partial charge in [-0.05, 0) is 44.9 Å². The fourth-order valence-electron chi connectivity index (χ4n) is 7.99. The lowest BCUT2D eigenvalue weighted by Crippen LogP contribution is -2.50. The van der Waals surface area contributed by atoms with Crippen LogP contribution < -0.4 is 0 Å². The van der Waals surface area contributed by atoms with Crippen molar-refractivity contribution in [1.82, 2.24) is 0 Å². The smallest absolute Gasteiger partial charge is 0.362 e. The maximum Gasteiger partial charge on any atom is 0.362 e. The van der Waals surface area contributed by atoms with E-state index in [-0.39, 0.29) is 36.2 Å². The van der Waals surface area contributed by atoms with Crippen LogP contribution in [-0.4, -0.2) is 80.6 Å². The Kier molecular flexibility index (Phi) is 44.3. The van der Waals surface area contributed by atoms with Gasteiger partial charge in [-0.3, -0.25) is 9.59 Å². The van der Waals surface area contributed by atoms with Crippen LogP contribution in [0.2, 0.25) is 0 Å². The Morgan fingerprint density at radius 1 is 0.492 bits per heavy atom. The van der Waals surface area contributed by atoms with E-state index in [1.165, 1.54) is 148 Å². The fraction of sp³-hybridized carbons (Fsp3) is 0.836. The molecule has 0 aromatic carbocycles. The summed E-state index contributed by atoms with van der Waals surface area (Å²) in [4.78, 5) is 37.2. The van der Waals surface area contributed by atoms with E-state index in [0.29, 0.717) is 19.3 Å². The van der Waals surface area contributed by atoms with Gasteiger partial charge in [0.05, 0.1) is 34.4 Å². The summed E-state index contributed by atoms with van der Waals surface area (Å²) >= 11 is 0. The van der Waals surface area contributed by atoms with Crippen molar-refractivity contribution in [3.05, 3.63) is 36.5 Å². The summed E-state index contributed by atoms with van der Waals surface area (Å²) in [6, 6.07) is -0.615. The van der Waals surface area contributed by atoms with Crippen molar-refractivity contribution in [2.24, 2.45) is 0 Å². The van der Waals surface area contributed by atoms with Gasteiger partial charge in [-0.1, -0.05) is 217 Å². The molecule has 8 nitrogen and oxygen atoms in total. The molecule has 0 amide bonds. The summed E-state index contributed by atoms with van der Waals surface area (Å²) in [6.45, 7) is 4.66. The molecular weight excluding hydrogens is 787 g/mol. The SMILES string of the molecule is CC/C=C/C/C=C/C/C=C/CCCCCCCCCCCC(=O)OC(COCCC(C(=O)O)[N+](C)(C)C)COC(=O)CCCCCCCCCCCCCCCCCCCCCC. The third kappa shape index (κ3) is 44.5. The lowest BCUT2D eigenvalue weighted by atomic mass is 10.0. The number of hydrogen-bond donors (Lipinski definition) is 1. The van der Waals surface area contributed by atoms with Gasteiger partial charge in [0.15, 0.2) is 12.1 Å². The number of nitrogens with zero attached hydrogens (tertiary/aromatic N) is 1. The lowest BCUT2D eigenvalue weighted by molar-refractivity contribution is -0.887. The van der Waals surface area contributed by atoms with Gasteiger partial charge < -0.3 is 23.8 Å². The van der Waals surface area contributed by atoms with Gasteiger partial charge in [-0.2, -0.15) is 0 Å². The molecule has 0 spiro atoms. The first-order valence-electron chi connectivity index (χ1n) is 26.5. The summed E-state index contributed by atoms with van der Waals surface area (Å²) in [5, 5.41) is 9.66. The van der Waals surface area contributed by atoms with Gasteiger partial charge in [0, 0.05) is 19.3 Å². The minimum Gasteiger partial charge on any atom is -0.477 e. The Bertz CT molecular complexity index is 1130. The van der Waals surface area contributed by atoms with E-state index < -0.39 is 18.1 Å². The third-order valence-electron chi connectivity index (χ3n) is 12.1. The van der Waals surface area contributed by atoms with Crippen LogP contribution >= 0.6 is 0 Å². The highest BCUT2D eigenvalue weighted by Gasteiger charge is 2.31. The maximum atomic E-state index is 12.8. The number of quaternary nitrogens is 1. The van der Waals surface area contributed by atoms with Crippen molar-refractivity contribution in [1.29, 1.82) is 0 Å². The molecule has 1 N–H and O–H groups in total. The molecule has 0 rings (SSSR count). The predicted molar refractivity (Wildman–Crippen MR) is 266 cm³/mol. The number of esters is 2. The van der Waals surface area contributed by atoms with Crippen molar-refractivity contribution in [2.75, 3.05) is 41.0 Å². The number of unbranched alkanes of at least 4 members (excludes halogenated alkanes) is 28. The second kappa shape index (κ2) is 46.1. The monoisotopic (exact) mass is 889 g/mol. The second-order valence-corrected chi connectivity index (χ2v) is 19.1. The average molecular weight is 889 g/mol. The number of carbonyl (C=O) groups excluding carboxylic acids is 2. The summed E-state index contributed by atoms with van der Waals surface area (Å²) in [5.74, 6) is -1.46. The Balaban J connectivity index is 4.20. The summed E-state index contributed by atoms with van der Waals surface area (Å²) in [7, 11) is 5.54.